The van der Waals surface area contributed by atoms with Crippen LogP contribution in [0.15, 0.2) is 33.8 Å². The molecule has 1 saturated carbocycles. The number of nitrogens with one attached hydrogen (secondary N) is 2. The molecule has 0 radical (unpaired) electrons. The summed E-state index contributed by atoms with van der Waals surface area (Å²) in [5.74, 6) is 3.50. The molecule has 2 aromatic heterocycles. The van der Waals surface area contributed by atoms with Crippen LogP contribution in [0.3, 0.4) is 0 Å². The molecule has 0 amide bonds. The minimum absolute atomic E-state index is 0.310. The van der Waals surface area contributed by atoms with Crippen molar-refractivity contribution in [2.45, 2.75) is 52.7 Å². The number of nitrogens with zero attached hydrogens (tertiary/aromatic N) is 2. The summed E-state index contributed by atoms with van der Waals surface area (Å²) >= 11 is 0. The molecule has 7 heteroatoms. The van der Waals surface area contributed by atoms with Gasteiger partial charge in [0.1, 0.15) is 17.1 Å². The maximum absolute atomic E-state index is 10.9. The Labute approximate surface area is 172 Å². The number of hydrogen-bond donors (Lipinski definition) is 3. The molecule has 0 bridgehead atoms. The van der Waals surface area contributed by atoms with Crippen molar-refractivity contribution in [2.75, 3.05) is 19.7 Å². The Balaban J connectivity index is 1.60. The Bertz CT molecular complexity index is 840. The van der Waals surface area contributed by atoms with Crippen molar-refractivity contribution in [3.05, 3.63) is 47.0 Å². The highest BCUT2D eigenvalue weighted by atomic mass is 16.5. The van der Waals surface area contributed by atoms with Crippen LogP contribution in [0.4, 0.5) is 0 Å². The molecule has 0 saturated heterocycles. The Morgan fingerprint density at radius 3 is 2.79 bits per heavy atom. The fourth-order valence-electron chi connectivity index (χ4n) is 3.14. The van der Waals surface area contributed by atoms with E-state index in [0.717, 1.165) is 35.8 Å². The van der Waals surface area contributed by atoms with Crippen LogP contribution in [0.2, 0.25) is 0 Å². The van der Waals surface area contributed by atoms with E-state index in [1.165, 1.54) is 12.8 Å². The quantitative estimate of drug-likeness (QED) is 0.443. The van der Waals surface area contributed by atoms with E-state index in [1.54, 1.807) is 13.1 Å². The van der Waals surface area contributed by atoms with Crippen molar-refractivity contribution in [1.82, 2.24) is 15.6 Å². The second kappa shape index (κ2) is 9.31. The number of hydrogen-bond acceptors (Lipinski definition) is 5. The monoisotopic (exact) mass is 400 g/mol. The fraction of sp³-hybridized carbons (Fsp3) is 0.545. The van der Waals surface area contributed by atoms with Gasteiger partial charge < -0.3 is 24.9 Å². The van der Waals surface area contributed by atoms with Gasteiger partial charge in [-0.3, -0.25) is 0 Å². The zero-order valence-electron chi connectivity index (χ0n) is 17.8. The zero-order valence-corrected chi connectivity index (χ0v) is 17.8. The predicted octanol–water partition coefficient (Wildman–Crippen LogP) is 3.04. The lowest BCUT2D eigenvalue weighted by molar-refractivity contribution is 0.0601. The van der Waals surface area contributed by atoms with Crippen LogP contribution in [-0.2, 0) is 12.1 Å². The lowest BCUT2D eigenvalue weighted by atomic mass is 9.96. The molecule has 0 aliphatic heterocycles. The number of aryl methyl sites for hydroxylation is 2. The first-order chi connectivity index (χ1) is 13.9. The molecule has 3 rings (SSSR count). The molecule has 1 aliphatic rings. The third kappa shape index (κ3) is 6.22. The molecule has 3 N–H and O–H groups in total. The Morgan fingerprint density at radius 1 is 1.34 bits per heavy atom. The van der Waals surface area contributed by atoms with Crippen molar-refractivity contribution in [3.63, 3.8) is 0 Å². The highest BCUT2D eigenvalue weighted by Crippen LogP contribution is 2.29. The highest BCUT2D eigenvalue weighted by molar-refractivity contribution is 5.79. The van der Waals surface area contributed by atoms with Crippen molar-refractivity contribution in [3.8, 4) is 5.88 Å². The topological polar surface area (TPSA) is 91.9 Å². The molecule has 0 aromatic carbocycles. The van der Waals surface area contributed by atoms with Crippen LogP contribution < -0.4 is 15.4 Å². The molecular formula is C22H32N4O3. The third-order valence-electron chi connectivity index (χ3n) is 4.95. The summed E-state index contributed by atoms with van der Waals surface area (Å²) in [4.78, 5) is 8.90. The van der Waals surface area contributed by atoms with E-state index in [1.807, 2.05) is 39.0 Å². The number of rotatable bonds is 9. The van der Waals surface area contributed by atoms with Gasteiger partial charge in [-0.05, 0) is 64.2 Å². The largest absolute Gasteiger partial charge is 0.477 e. The van der Waals surface area contributed by atoms with Crippen molar-refractivity contribution in [2.24, 2.45) is 10.9 Å². The summed E-state index contributed by atoms with van der Waals surface area (Å²) < 4.78 is 11.3. The standard InChI is InChI=1S/C22H32N4O3/c1-5-23-21(26-14-22(4,27)19-10-15(2)29-16(19)3)25-12-18-8-9-24-20(11-18)28-13-17-6-7-17/h8-11,17,27H,5-7,12-14H2,1-4H3,(H2,23,25,26). The average molecular weight is 401 g/mol. The van der Waals surface area contributed by atoms with E-state index in [0.29, 0.717) is 30.8 Å². The first-order valence-corrected chi connectivity index (χ1v) is 10.3. The number of aliphatic hydroxyl groups is 1. The molecule has 2 heterocycles. The average Bonchev–Trinajstić information content (AvgIpc) is 3.45. The molecule has 158 valence electrons. The van der Waals surface area contributed by atoms with Gasteiger partial charge in [0.05, 0.1) is 19.7 Å². The Kier molecular flexibility index (Phi) is 6.79. The summed E-state index contributed by atoms with van der Waals surface area (Å²) in [7, 11) is 0. The zero-order chi connectivity index (χ0) is 20.9. The van der Waals surface area contributed by atoms with Crippen molar-refractivity contribution in [1.29, 1.82) is 0 Å². The SMILES string of the molecule is CCNC(=NCc1ccnc(OCC2CC2)c1)NCC(C)(O)c1cc(C)oc1C. The highest BCUT2D eigenvalue weighted by Gasteiger charge is 2.28. The smallest absolute Gasteiger partial charge is 0.213 e. The molecule has 0 spiro atoms. The van der Waals surface area contributed by atoms with Gasteiger partial charge in [0.15, 0.2) is 5.96 Å². The molecule has 1 atom stereocenters. The van der Waals surface area contributed by atoms with Crippen molar-refractivity contribution >= 4 is 5.96 Å². The lowest BCUT2D eigenvalue weighted by Crippen LogP contribution is -2.44. The minimum atomic E-state index is -1.07. The third-order valence-corrected chi connectivity index (χ3v) is 4.95. The van der Waals surface area contributed by atoms with Gasteiger partial charge in [-0.1, -0.05) is 0 Å². The van der Waals surface area contributed by atoms with Crippen LogP contribution in [0.25, 0.3) is 0 Å². The molecule has 1 aliphatic carbocycles. The number of aromatic nitrogens is 1. The molecule has 2 aromatic rings. The second-order valence-electron chi connectivity index (χ2n) is 7.91. The second-order valence-corrected chi connectivity index (χ2v) is 7.91. The minimum Gasteiger partial charge on any atom is -0.477 e. The van der Waals surface area contributed by atoms with E-state index in [2.05, 4.69) is 20.6 Å². The first-order valence-electron chi connectivity index (χ1n) is 10.3. The molecule has 29 heavy (non-hydrogen) atoms. The number of furan rings is 1. The van der Waals surface area contributed by atoms with E-state index in [-0.39, 0.29) is 0 Å². The van der Waals surface area contributed by atoms with Crippen LogP contribution >= 0.6 is 0 Å². The van der Waals surface area contributed by atoms with Gasteiger partial charge in [0.2, 0.25) is 5.88 Å². The number of guanidine groups is 1. The van der Waals surface area contributed by atoms with Gasteiger partial charge in [0, 0.05) is 24.4 Å². The number of pyridine rings is 1. The van der Waals surface area contributed by atoms with E-state index < -0.39 is 5.60 Å². The molecule has 1 fully saturated rings. The van der Waals surface area contributed by atoms with Crippen molar-refractivity contribution < 1.29 is 14.3 Å². The summed E-state index contributed by atoms with van der Waals surface area (Å²) in [6.07, 6.45) is 4.26. The van der Waals surface area contributed by atoms with E-state index in [9.17, 15) is 5.11 Å². The summed E-state index contributed by atoms with van der Waals surface area (Å²) in [5.41, 5.74) is 0.736. The van der Waals surface area contributed by atoms with Gasteiger partial charge in [-0.2, -0.15) is 0 Å². The van der Waals surface area contributed by atoms with E-state index in [4.69, 9.17) is 9.15 Å². The maximum atomic E-state index is 10.9. The fourth-order valence-corrected chi connectivity index (χ4v) is 3.14. The number of aliphatic imine (C=N–C) groups is 1. The lowest BCUT2D eigenvalue weighted by Gasteiger charge is -2.24. The predicted molar refractivity (Wildman–Crippen MR) is 113 cm³/mol. The van der Waals surface area contributed by atoms with Crippen LogP contribution in [-0.4, -0.2) is 35.7 Å². The van der Waals surface area contributed by atoms with Gasteiger partial charge in [0.25, 0.3) is 0 Å². The Hall–Kier alpha value is -2.54. The Morgan fingerprint density at radius 2 is 2.14 bits per heavy atom. The van der Waals surface area contributed by atoms with Crippen LogP contribution in [0, 0.1) is 19.8 Å². The van der Waals surface area contributed by atoms with E-state index >= 15 is 0 Å². The van der Waals surface area contributed by atoms with Gasteiger partial charge >= 0.3 is 0 Å². The number of ether oxygens (including phenoxy) is 1. The molecule has 1 unspecified atom stereocenters. The molecular weight excluding hydrogens is 368 g/mol. The van der Waals surface area contributed by atoms with Crippen LogP contribution in [0.1, 0.15) is 49.3 Å². The summed E-state index contributed by atoms with van der Waals surface area (Å²) in [6.45, 7) is 9.79. The normalized spacial score (nSPS) is 16.4. The first kappa shape index (κ1) is 21.2. The molecule has 7 nitrogen and oxygen atoms in total. The van der Waals surface area contributed by atoms with Crippen LogP contribution in [0.5, 0.6) is 5.88 Å². The summed E-state index contributed by atoms with van der Waals surface area (Å²) in [5, 5.41) is 17.3. The van der Waals surface area contributed by atoms with Gasteiger partial charge in [-0.15, -0.1) is 0 Å². The van der Waals surface area contributed by atoms with Gasteiger partial charge in [-0.25, -0.2) is 9.98 Å². The summed E-state index contributed by atoms with van der Waals surface area (Å²) in [6, 6.07) is 5.75. The maximum Gasteiger partial charge on any atom is 0.213 e.